The van der Waals surface area contributed by atoms with E-state index >= 15 is 0 Å². The summed E-state index contributed by atoms with van der Waals surface area (Å²) < 4.78 is 6.98. The summed E-state index contributed by atoms with van der Waals surface area (Å²) in [6.45, 7) is 4.24. The largest absolute Gasteiger partial charge is 0.462 e. The fraction of sp³-hybridized carbons (Fsp3) is 0.278. The minimum absolute atomic E-state index is 0.319. The quantitative estimate of drug-likeness (QED) is 0.676. The molecule has 1 aromatic carbocycles. The van der Waals surface area contributed by atoms with Crippen LogP contribution in [0.25, 0.3) is 16.6 Å². The van der Waals surface area contributed by atoms with E-state index in [1.54, 1.807) is 19.3 Å². The van der Waals surface area contributed by atoms with Crippen molar-refractivity contribution in [3.63, 3.8) is 0 Å². The van der Waals surface area contributed by atoms with Gasteiger partial charge in [-0.1, -0.05) is 19.4 Å². The molecule has 0 fully saturated rings. The lowest BCUT2D eigenvalue weighted by Gasteiger charge is -2.11. The van der Waals surface area contributed by atoms with E-state index in [9.17, 15) is 4.79 Å². The highest BCUT2D eigenvalue weighted by Crippen LogP contribution is 2.24. The molecule has 0 bridgehead atoms. The van der Waals surface area contributed by atoms with Crippen molar-refractivity contribution in [2.75, 3.05) is 6.61 Å². The van der Waals surface area contributed by atoms with Crippen molar-refractivity contribution in [2.45, 2.75) is 26.7 Å². The van der Waals surface area contributed by atoms with Crippen LogP contribution in [0.15, 0.2) is 42.7 Å². The molecule has 0 aliphatic heterocycles. The third-order valence-corrected chi connectivity index (χ3v) is 3.70. The summed E-state index contributed by atoms with van der Waals surface area (Å²) in [5.41, 5.74) is 3.24. The van der Waals surface area contributed by atoms with Crippen LogP contribution in [0.1, 0.15) is 36.3 Å². The highest BCUT2D eigenvalue weighted by atomic mass is 16.5. The maximum absolute atomic E-state index is 12.2. The molecule has 0 radical (unpaired) electrons. The summed E-state index contributed by atoms with van der Waals surface area (Å²) in [5.74, 6) is -0.319. The first-order chi connectivity index (χ1) is 11.3. The Hall–Kier alpha value is -2.69. The van der Waals surface area contributed by atoms with E-state index in [-0.39, 0.29) is 5.97 Å². The minimum atomic E-state index is -0.319. The molecule has 0 aliphatic rings. The van der Waals surface area contributed by atoms with Gasteiger partial charge in [-0.2, -0.15) is 5.10 Å². The minimum Gasteiger partial charge on any atom is -0.462 e. The van der Waals surface area contributed by atoms with E-state index in [0.29, 0.717) is 12.2 Å². The van der Waals surface area contributed by atoms with Crippen LogP contribution in [0.2, 0.25) is 0 Å². The van der Waals surface area contributed by atoms with E-state index in [4.69, 9.17) is 4.74 Å². The predicted molar refractivity (Wildman–Crippen MR) is 88.8 cm³/mol. The van der Waals surface area contributed by atoms with E-state index in [2.05, 4.69) is 17.0 Å². The first-order valence-electron chi connectivity index (χ1n) is 7.84. The van der Waals surface area contributed by atoms with Gasteiger partial charge in [0.2, 0.25) is 0 Å². The number of ether oxygens (including phenoxy) is 1. The van der Waals surface area contributed by atoms with E-state index in [1.807, 2.05) is 35.0 Å². The Labute approximate surface area is 134 Å². The van der Waals surface area contributed by atoms with E-state index < -0.39 is 0 Å². The van der Waals surface area contributed by atoms with Crippen LogP contribution >= 0.6 is 0 Å². The van der Waals surface area contributed by atoms with Crippen molar-refractivity contribution in [3.05, 3.63) is 54.0 Å². The second-order valence-corrected chi connectivity index (χ2v) is 5.23. The average Bonchev–Trinajstić information content (AvgIpc) is 2.98. The molecule has 5 heteroatoms. The van der Waals surface area contributed by atoms with Crippen LogP contribution in [0.5, 0.6) is 0 Å². The Morgan fingerprint density at radius 2 is 2.09 bits per heavy atom. The molecule has 3 rings (SSSR count). The summed E-state index contributed by atoms with van der Waals surface area (Å²) in [7, 11) is 0. The first-order valence-corrected chi connectivity index (χ1v) is 7.84. The van der Waals surface area contributed by atoms with Gasteiger partial charge >= 0.3 is 5.97 Å². The van der Waals surface area contributed by atoms with Crippen LogP contribution in [0.4, 0.5) is 0 Å². The zero-order valence-corrected chi connectivity index (χ0v) is 13.3. The lowest BCUT2D eigenvalue weighted by atomic mass is 10.1. The molecule has 5 nitrogen and oxygen atoms in total. The van der Waals surface area contributed by atoms with Crippen molar-refractivity contribution in [1.29, 1.82) is 0 Å². The van der Waals surface area contributed by atoms with Gasteiger partial charge in [0.15, 0.2) is 0 Å². The van der Waals surface area contributed by atoms with Crippen LogP contribution in [0.3, 0.4) is 0 Å². The number of nitrogens with zero attached hydrogens (tertiary/aromatic N) is 3. The highest BCUT2D eigenvalue weighted by molar-refractivity contribution is 5.91. The maximum atomic E-state index is 12.2. The van der Waals surface area contributed by atoms with Crippen molar-refractivity contribution >= 4 is 16.9 Å². The molecule has 2 heterocycles. The number of fused-ring (bicyclic) bond motifs is 1. The zero-order chi connectivity index (χ0) is 16.2. The molecule has 0 saturated heterocycles. The second kappa shape index (κ2) is 6.60. The second-order valence-electron chi connectivity index (χ2n) is 5.23. The normalized spacial score (nSPS) is 10.9. The number of hydrogen-bond acceptors (Lipinski definition) is 4. The van der Waals surface area contributed by atoms with Crippen molar-refractivity contribution in [2.24, 2.45) is 0 Å². The Bertz CT molecular complexity index is 834. The Balaban J connectivity index is 2.17. The molecule has 118 valence electrons. The zero-order valence-electron chi connectivity index (χ0n) is 13.3. The average molecular weight is 309 g/mol. The topological polar surface area (TPSA) is 57.0 Å². The predicted octanol–water partition coefficient (Wildman–Crippen LogP) is 3.55. The van der Waals surface area contributed by atoms with Crippen LogP contribution in [-0.4, -0.2) is 27.3 Å². The molecule has 0 unspecified atom stereocenters. The summed E-state index contributed by atoms with van der Waals surface area (Å²) in [6, 6.07) is 9.82. The van der Waals surface area contributed by atoms with E-state index in [0.717, 1.165) is 35.1 Å². The number of carbonyl (C=O) groups is 1. The first kappa shape index (κ1) is 15.2. The molecule has 0 amide bonds. The van der Waals surface area contributed by atoms with Crippen molar-refractivity contribution in [1.82, 2.24) is 14.8 Å². The Morgan fingerprint density at radius 3 is 2.87 bits per heavy atom. The molecule has 2 aromatic heterocycles. The number of aromatic nitrogens is 3. The highest BCUT2D eigenvalue weighted by Gasteiger charge is 2.19. The number of esters is 1. The molecule has 0 atom stereocenters. The lowest BCUT2D eigenvalue weighted by Crippen LogP contribution is -2.10. The Morgan fingerprint density at radius 1 is 1.22 bits per heavy atom. The van der Waals surface area contributed by atoms with Gasteiger partial charge in [0.1, 0.15) is 5.56 Å². The monoisotopic (exact) mass is 309 g/mol. The molecule has 3 aromatic rings. The molecular weight excluding hydrogens is 290 g/mol. The molecule has 0 aliphatic carbocycles. The molecular formula is C18H19N3O2. The number of pyridine rings is 1. The number of rotatable bonds is 5. The van der Waals surface area contributed by atoms with Crippen molar-refractivity contribution < 1.29 is 9.53 Å². The summed E-state index contributed by atoms with van der Waals surface area (Å²) >= 11 is 0. The number of carbonyl (C=O) groups excluding carboxylic acids is 1. The van der Waals surface area contributed by atoms with Gasteiger partial charge in [-0.25, -0.2) is 9.48 Å². The van der Waals surface area contributed by atoms with Gasteiger partial charge in [-0.3, -0.25) is 4.98 Å². The van der Waals surface area contributed by atoms with Gasteiger partial charge < -0.3 is 4.74 Å². The van der Waals surface area contributed by atoms with Crippen LogP contribution in [-0.2, 0) is 11.2 Å². The lowest BCUT2D eigenvalue weighted by molar-refractivity contribution is 0.0525. The van der Waals surface area contributed by atoms with Crippen LogP contribution in [0, 0.1) is 0 Å². The third-order valence-electron chi connectivity index (χ3n) is 3.70. The SMILES string of the molecule is CCCc1c(C(=O)OCC)cnn1-c1cccc2ncccc12. The summed E-state index contributed by atoms with van der Waals surface area (Å²) in [6.07, 6.45) is 5.04. The molecule has 0 N–H and O–H groups in total. The smallest absolute Gasteiger partial charge is 0.341 e. The molecule has 0 saturated carbocycles. The fourth-order valence-electron chi connectivity index (χ4n) is 2.71. The van der Waals surface area contributed by atoms with Gasteiger partial charge in [0.05, 0.1) is 29.7 Å². The fourth-order valence-corrected chi connectivity index (χ4v) is 2.71. The molecule has 0 spiro atoms. The van der Waals surface area contributed by atoms with Crippen LogP contribution < -0.4 is 0 Å². The number of hydrogen-bond donors (Lipinski definition) is 0. The van der Waals surface area contributed by atoms with Crippen molar-refractivity contribution in [3.8, 4) is 5.69 Å². The van der Waals surface area contributed by atoms with E-state index in [1.165, 1.54) is 0 Å². The summed E-state index contributed by atoms with van der Waals surface area (Å²) in [5, 5.41) is 5.45. The van der Waals surface area contributed by atoms with Gasteiger partial charge in [-0.05, 0) is 37.6 Å². The maximum Gasteiger partial charge on any atom is 0.341 e. The Kier molecular flexibility index (Phi) is 4.37. The van der Waals surface area contributed by atoms with Gasteiger partial charge in [-0.15, -0.1) is 0 Å². The van der Waals surface area contributed by atoms with Gasteiger partial charge in [0.25, 0.3) is 0 Å². The molecule has 23 heavy (non-hydrogen) atoms. The third kappa shape index (κ3) is 2.82. The standard InChI is InChI=1S/C18H19N3O2/c1-3-7-16-14(18(22)23-4-2)12-20-21(16)17-10-5-9-15-13(17)8-6-11-19-15/h5-6,8-12H,3-4,7H2,1-2H3. The summed E-state index contributed by atoms with van der Waals surface area (Å²) in [4.78, 5) is 16.5. The number of benzene rings is 1. The van der Waals surface area contributed by atoms with Gasteiger partial charge in [0, 0.05) is 11.6 Å².